The van der Waals surface area contributed by atoms with Crippen LogP contribution in [0, 0.1) is 0 Å². The van der Waals surface area contributed by atoms with Crippen LogP contribution in [-0.2, 0) is 11.2 Å². The van der Waals surface area contributed by atoms with Crippen LogP contribution in [0.2, 0.25) is 0 Å². The first-order valence-electron chi connectivity index (χ1n) is 5.28. The lowest BCUT2D eigenvalue weighted by atomic mass is 10.1. The van der Waals surface area contributed by atoms with Crippen molar-refractivity contribution in [2.45, 2.75) is 32.2 Å². The Morgan fingerprint density at radius 3 is 3.07 bits per heavy atom. The lowest BCUT2D eigenvalue weighted by Crippen LogP contribution is -2.41. The van der Waals surface area contributed by atoms with Gasteiger partial charge in [-0.2, -0.15) is 11.3 Å². The molecule has 0 aliphatic rings. The van der Waals surface area contributed by atoms with Crippen molar-refractivity contribution in [2.75, 3.05) is 6.54 Å². The van der Waals surface area contributed by atoms with Crippen LogP contribution in [0.4, 0.5) is 0 Å². The standard InChI is InChI=1S/C11H18N2OS/c1-2-3-10(12)11(14)13-6-4-9-5-7-15-8-9/h5,7-8,10H,2-4,6,12H2,1H3,(H,13,14). The van der Waals surface area contributed by atoms with Gasteiger partial charge in [0.1, 0.15) is 0 Å². The van der Waals surface area contributed by atoms with Crippen LogP contribution in [0.15, 0.2) is 16.8 Å². The molecule has 0 aromatic carbocycles. The van der Waals surface area contributed by atoms with Crippen molar-refractivity contribution in [3.8, 4) is 0 Å². The minimum absolute atomic E-state index is 0.0351. The molecule has 0 radical (unpaired) electrons. The molecular formula is C11H18N2OS. The van der Waals surface area contributed by atoms with Crippen molar-refractivity contribution >= 4 is 17.2 Å². The second-order valence-corrected chi connectivity index (χ2v) is 4.35. The topological polar surface area (TPSA) is 55.1 Å². The maximum Gasteiger partial charge on any atom is 0.236 e. The maximum atomic E-state index is 11.4. The fourth-order valence-corrected chi connectivity index (χ4v) is 2.04. The van der Waals surface area contributed by atoms with Crippen molar-refractivity contribution in [3.63, 3.8) is 0 Å². The minimum atomic E-state index is -0.350. The molecule has 0 saturated carbocycles. The number of carbonyl (C=O) groups is 1. The highest BCUT2D eigenvalue weighted by Gasteiger charge is 2.10. The summed E-state index contributed by atoms with van der Waals surface area (Å²) in [6.07, 6.45) is 2.58. The third-order valence-corrected chi connectivity index (χ3v) is 2.96. The summed E-state index contributed by atoms with van der Waals surface area (Å²) in [5, 5.41) is 6.98. The van der Waals surface area contributed by atoms with E-state index in [1.807, 2.05) is 12.3 Å². The second kappa shape index (κ2) is 6.58. The van der Waals surface area contributed by atoms with E-state index >= 15 is 0 Å². The highest BCUT2D eigenvalue weighted by atomic mass is 32.1. The Morgan fingerprint density at radius 2 is 2.47 bits per heavy atom. The maximum absolute atomic E-state index is 11.4. The van der Waals surface area contributed by atoms with E-state index in [0.717, 1.165) is 19.3 Å². The highest BCUT2D eigenvalue weighted by Crippen LogP contribution is 2.05. The average molecular weight is 226 g/mol. The third kappa shape index (κ3) is 4.44. The van der Waals surface area contributed by atoms with Crippen molar-refractivity contribution in [1.82, 2.24) is 5.32 Å². The first kappa shape index (κ1) is 12.2. The van der Waals surface area contributed by atoms with Crippen molar-refractivity contribution in [1.29, 1.82) is 0 Å². The van der Waals surface area contributed by atoms with Gasteiger partial charge in [0, 0.05) is 6.54 Å². The van der Waals surface area contributed by atoms with Gasteiger partial charge in [0.05, 0.1) is 6.04 Å². The third-order valence-electron chi connectivity index (χ3n) is 2.23. The summed E-state index contributed by atoms with van der Waals surface area (Å²) in [6, 6.07) is 1.72. The lowest BCUT2D eigenvalue weighted by molar-refractivity contribution is -0.122. The number of amides is 1. The van der Waals surface area contributed by atoms with Crippen molar-refractivity contribution < 1.29 is 4.79 Å². The molecule has 3 N–H and O–H groups in total. The van der Waals surface area contributed by atoms with E-state index in [2.05, 4.69) is 16.8 Å². The summed E-state index contributed by atoms with van der Waals surface area (Å²) >= 11 is 1.68. The largest absolute Gasteiger partial charge is 0.354 e. The number of rotatable bonds is 6. The van der Waals surface area contributed by atoms with Gasteiger partial charge >= 0.3 is 0 Å². The Bertz CT molecular complexity index is 285. The molecule has 1 heterocycles. The van der Waals surface area contributed by atoms with E-state index in [1.54, 1.807) is 11.3 Å². The number of carbonyl (C=O) groups excluding carboxylic acids is 1. The molecule has 0 bridgehead atoms. The van der Waals surface area contributed by atoms with Crippen LogP contribution in [0.1, 0.15) is 25.3 Å². The Labute approximate surface area is 94.7 Å². The Morgan fingerprint density at radius 1 is 1.67 bits per heavy atom. The molecule has 15 heavy (non-hydrogen) atoms. The van der Waals surface area contributed by atoms with Gasteiger partial charge in [-0.1, -0.05) is 13.3 Å². The Hall–Kier alpha value is -0.870. The molecule has 0 spiro atoms. The number of hydrogen-bond donors (Lipinski definition) is 2. The normalized spacial score (nSPS) is 12.4. The SMILES string of the molecule is CCCC(N)C(=O)NCCc1ccsc1. The number of nitrogens with two attached hydrogens (primary N) is 1. The number of nitrogens with one attached hydrogen (secondary N) is 1. The monoisotopic (exact) mass is 226 g/mol. The predicted molar refractivity (Wildman–Crippen MR) is 63.9 cm³/mol. The summed E-state index contributed by atoms with van der Waals surface area (Å²) in [7, 11) is 0. The molecule has 4 heteroatoms. The number of hydrogen-bond acceptors (Lipinski definition) is 3. The van der Waals surface area contributed by atoms with E-state index in [1.165, 1.54) is 5.56 Å². The quantitative estimate of drug-likeness (QED) is 0.773. The van der Waals surface area contributed by atoms with Gasteiger partial charge < -0.3 is 11.1 Å². The fourth-order valence-electron chi connectivity index (χ4n) is 1.34. The van der Waals surface area contributed by atoms with E-state index < -0.39 is 0 Å². The zero-order valence-electron chi connectivity index (χ0n) is 9.03. The molecule has 1 rings (SSSR count). The van der Waals surface area contributed by atoms with Gasteiger partial charge in [0.25, 0.3) is 0 Å². The highest BCUT2D eigenvalue weighted by molar-refractivity contribution is 7.07. The fraction of sp³-hybridized carbons (Fsp3) is 0.545. The molecule has 1 unspecified atom stereocenters. The van der Waals surface area contributed by atoms with Crippen LogP contribution < -0.4 is 11.1 Å². The molecule has 3 nitrogen and oxygen atoms in total. The molecule has 0 fully saturated rings. The van der Waals surface area contributed by atoms with Gasteiger partial charge in [-0.15, -0.1) is 0 Å². The molecule has 84 valence electrons. The van der Waals surface area contributed by atoms with Crippen LogP contribution in [0.25, 0.3) is 0 Å². The number of thiophene rings is 1. The average Bonchev–Trinajstić information content (AvgIpc) is 2.71. The Kier molecular flexibility index (Phi) is 5.36. The summed E-state index contributed by atoms with van der Waals surface area (Å²) in [6.45, 7) is 2.70. The molecule has 0 aliphatic heterocycles. The van der Waals surface area contributed by atoms with E-state index in [0.29, 0.717) is 6.54 Å². The van der Waals surface area contributed by atoms with Crippen LogP contribution in [0.5, 0.6) is 0 Å². The first-order chi connectivity index (χ1) is 7.24. The lowest BCUT2D eigenvalue weighted by Gasteiger charge is -2.10. The smallest absolute Gasteiger partial charge is 0.236 e. The summed E-state index contributed by atoms with van der Waals surface area (Å²) in [5.41, 5.74) is 6.95. The molecule has 1 aromatic heterocycles. The van der Waals surface area contributed by atoms with E-state index in [9.17, 15) is 4.79 Å². The van der Waals surface area contributed by atoms with Gasteiger partial charge in [-0.25, -0.2) is 0 Å². The van der Waals surface area contributed by atoms with Crippen LogP contribution in [0.3, 0.4) is 0 Å². The predicted octanol–water partition coefficient (Wildman–Crippen LogP) is 1.53. The molecular weight excluding hydrogens is 208 g/mol. The van der Waals surface area contributed by atoms with E-state index in [4.69, 9.17) is 5.73 Å². The van der Waals surface area contributed by atoms with Crippen LogP contribution >= 0.6 is 11.3 Å². The van der Waals surface area contributed by atoms with Crippen molar-refractivity contribution in [3.05, 3.63) is 22.4 Å². The van der Waals surface area contributed by atoms with Gasteiger partial charge in [-0.3, -0.25) is 4.79 Å². The summed E-state index contributed by atoms with van der Waals surface area (Å²) in [5.74, 6) is -0.0351. The second-order valence-electron chi connectivity index (χ2n) is 3.57. The van der Waals surface area contributed by atoms with Crippen LogP contribution in [-0.4, -0.2) is 18.5 Å². The zero-order chi connectivity index (χ0) is 11.1. The zero-order valence-corrected chi connectivity index (χ0v) is 9.85. The molecule has 1 atom stereocenters. The van der Waals surface area contributed by atoms with Gasteiger partial charge in [0.15, 0.2) is 0 Å². The van der Waals surface area contributed by atoms with Crippen molar-refractivity contribution in [2.24, 2.45) is 5.73 Å². The molecule has 0 aliphatic carbocycles. The minimum Gasteiger partial charge on any atom is -0.354 e. The van der Waals surface area contributed by atoms with Gasteiger partial charge in [-0.05, 0) is 35.2 Å². The van der Waals surface area contributed by atoms with Gasteiger partial charge in [0.2, 0.25) is 5.91 Å². The summed E-state index contributed by atoms with van der Waals surface area (Å²) in [4.78, 5) is 11.4. The molecule has 0 saturated heterocycles. The van der Waals surface area contributed by atoms with E-state index in [-0.39, 0.29) is 11.9 Å². The molecule has 1 amide bonds. The Balaban J connectivity index is 2.17. The molecule has 1 aromatic rings. The summed E-state index contributed by atoms with van der Waals surface area (Å²) < 4.78 is 0. The first-order valence-corrected chi connectivity index (χ1v) is 6.22.